The first-order valence-corrected chi connectivity index (χ1v) is 9.76. The van der Waals surface area contributed by atoms with E-state index in [-0.39, 0.29) is 35.4 Å². The summed E-state index contributed by atoms with van der Waals surface area (Å²) in [5, 5.41) is 5.02. The molecule has 1 aliphatic heterocycles. The van der Waals surface area contributed by atoms with Crippen molar-refractivity contribution in [3.05, 3.63) is 58.0 Å². The summed E-state index contributed by atoms with van der Waals surface area (Å²) in [6.45, 7) is 1.94. The minimum Gasteiger partial charge on any atom is -0.351 e. The van der Waals surface area contributed by atoms with Crippen molar-refractivity contribution in [3.8, 4) is 0 Å². The van der Waals surface area contributed by atoms with Gasteiger partial charge in [0.05, 0.1) is 13.0 Å². The molecule has 1 aromatic heterocycles. The third-order valence-electron chi connectivity index (χ3n) is 5.53. The number of nitrogens with one attached hydrogen (secondary N) is 1. The summed E-state index contributed by atoms with van der Waals surface area (Å²) in [5.74, 6) is -0.119. The maximum atomic E-state index is 13.0. The Morgan fingerprint density at radius 1 is 1.27 bits per heavy atom. The molecule has 1 aromatic carbocycles. The van der Waals surface area contributed by atoms with E-state index < -0.39 is 0 Å². The van der Waals surface area contributed by atoms with Gasteiger partial charge in [0, 0.05) is 29.3 Å². The van der Waals surface area contributed by atoms with Crippen LogP contribution < -0.4 is 5.32 Å². The average Bonchev–Trinajstić information content (AvgIpc) is 2.99. The average molecular weight is 372 g/mol. The molecule has 1 saturated heterocycles. The summed E-state index contributed by atoms with van der Waals surface area (Å²) in [7, 11) is 0. The first-order valence-electron chi connectivity index (χ1n) is 8.88. The summed E-state index contributed by atoms with van der Waals surface area (Å²) in [4.78, 5) is 27.9. The summed E-state index contributed by atoms with van der Waals surface area (Å²) in [6, 6.07) is 10.0. The zero-order chi connectivity index (χ0) is 18.1. The topological polar surface area (TPSA) is 49.4 Å². The maximum absolute atomic E-state index is 13.0. The maximum Gasteiger partial charge on any atom is 0.227 e. The second-order valence-corrected chi connectivity index (χ2v) is 8.32. The Balaban J connectivity index is 1.29. The minimum absolute atomic E-state index is 0.0195. The minimum atomic E-state index is -0.296. The van der Waals surface area contributed by atoms with Gasteiger partial charge in [0.15, 0.2) is 0 Å². The molecule has 2 heterocycles. The number of hydrogen-bond acceptors (Lipinski definition) is 3. The third-order valence-corrected chi connectivity index (χ3v) is 6.41. The number of rotatable bonds is 5. The van der Waals surface area contributed by atoms with Gasteiger partial charge in [-0.2, -0.15) is 0 Å². The van der Waals surface area contributed by atoms with Crippen molar-refractivity contribution in [2.24, 2.45) is 11.3 Å². The molecule has 1 spiro atoms. The Hall–Kier alpha value is -2.21. The van der Waals surface area contributed by atoms with Gasteiger partial charge in [-0.3, -0.25) is 9.59 Å². The fraction of sp³-hybridized carbons (Fsp3) is 0.400. The van der Waals surface area contributed by atoms with E-state index in [1.807, 2.05) is 22.4 Å². The Labute approximate surface area is 156 Å². The highest BCUT2D eigenvalue weighted by atomic mass is 32.1. The molecule has 1 saturated carbocycles. The number of likely N-dealkylation sites (tertiary alicyclic amines) is 1. The summed E-state index contributed by atoms with van der Waals surface area (Å²) in [6.07, 6.45) is 2.04. The first kappa shape index (κ1) is 17.2. The van der Waals surface area contributed by atoms with Gasteiger partial charge >= 0.3 is 0 Å². The van der Waals surface area contributed by atoms with Gasteiger partial charge in [-0.05, 0) is 42.0 Å². The lowest BCUT2D eigenvalue weighted by Gasteiger charge is -2.17. The lowest BCUT2D eigenvalue weighted by molar-refractivity contribution is -0.130. The Kier molecular flexibility index (Phi) is 4.53. The lowest BCUT2D eigenvalue weighted by Crippen LogP contribution is -2.32. The SMILES string of the molecule is O=C(NCc1cccs1)[C@H]1C[C@@]12CCN(C(=O)Cc1ccc(F)cc1)C2. The molecule has 6 heteroatoms. The third kappa shape index (κ3) is 3.51. The molecule has 2 fully saturated rings. The predicted octanol–water partition coefficient (Wildman–Crippen LogP) is 2.98. The molecule has 136 valence electrons. The van der Waals surface area contributed by atoms with E-state index in [0.717, 1.165) is 23.3 Å². The van der Waals surface area contributed by atoms with Crippen LogP contribution in [0, 0.1) is 17.2 Å². The number of nitrogens with zero attached hydrogens (tertiary/aromatic N) is 1. The van der Waals surface area contributed by atoms with Crippen LogP contribution in [0.2, 0.25) is 0 Å². The van der Waals surface area contributed by atoms with Crippen LogP contribution >= 0.6 is 11.3 Å². The quantitative estimate of drug-likeness (QED) is 0.877. The van der Waals surface area contributed by atoms with Gasteiger partial charge in [-0.15, -0.1) is 11.3 Å². The van der Waals surface area contributed by atoms with Crippen molar-refractivity contribution in [1.29, 1.82) is 0 Å². The van der Waals surface area contributed by atoms with Crippen molar-refractivity contribution in [1.82, 2.24) is 10.2 Å². The standard InChI is InChI=1S/C20H21FN2O2S/c21-15-5-3-14(4-6-15)10-18(24)23-8-7-20(13-23)11-17(20)19(25)22-12-16-2-1-9-26-16/h1-6,9,17H,7-8,10-13H2,(H,22,25)/t17-,20-/m1/s1. The molecule has 4 nitrogen and oxygen atoms in total. The second kappa shape index (κ2) is 6.83. The molecule has 2 aromatic rings. The Morgan fingerprint density at radius 3 is 2.81 bits per heavy atom. The van der Waals surface area contributed by atoms with Crippen molar-refractivity contribution in [2.45, 2.75) is 25.8 Å². The lowest BCUT2D eigenvalue weighted by atomic mass is 10.0. The van der Waals surface area contributed by atoms with E-state index in [0.29, 0.717) is 19.6 Å². The zero-order valence-electron chi connectivity index (χ0n) is 14.4. The number of amides is 2. The van der Waals surface area contributed by atoms with E-state index in [1.54, 1.807) is 23.5 Å². The molecule has 1 N–H and O–H groups in total. The van der Waals surface area contributed by atoms with Gasteiger partial charge in [0.1, 0.15) is 5.82 Å². The molecule has 26 heavy (non-hydrogen) atoms. The van der Waals surface area contributed by atoms with Gasteiger partial charge < -0.3 is 10.2 Å². The molecule has 0 unspecified atom stereocenters. The molecule has 2 atom stereocenters. The smallest absolute Gasteiger partial charge is 0.227 e. The fourth-order valence-corrected chi connectivity index (χ4v) is 4.52. The number of halogens is 1. The van der Waals surface area contributed by atoms with Crippen LogP contribution in [0.3, 0.4) is 0 Å². The van der Waals surface area contributed by atoms with Crippen LogP contribution in [0.25, 0.3) is 0 Å². The van der Waals surface area contributed by atoms with E-state index in [9.17, 15) is 14.0 Å². The highest BCUT2D eigenvalue weighted by Crippen LogP contribution is 2.58. The van der Waals surface area contributed by atoms with Crippen molar-refractivity contribution in [3.63, 3.8) is 0 Å². The molecule has 1 aliphatic carbocycles. The van der Waals surface area contributed by atoms with Gasteiger partial charge in [-0.1, -0.05) is 18.2 Å². The van der Waals surface area contributed by atoms with E-state index in [2.05, 4.69) is 5.32 Å². The Bertz CT molecular complexity index is 806. The molecule has 2 aliphatic rings. The normalized spacial score (nSPS) is 24.0. The molecular formula is C20H21FN2O2S. The number of carbonyl (C=O) groups is 2. The number of hydrogen-bond donors (Lipinski definition) is 1. The second-order valence-electron chi connectivity index (χ2n) is 7.28. The van der Waals surface area contributed by atoms with Crippen molar-refractivity contribution in [2.75, 3.05) is 13.1 Å². The van der Waals surface area contributed by atoms with Crippen LogP contribution in [-0.4, -0.2) is 29.8 Å². The highest BCUT2D eigenvalue weighted by Gasteiger charge is 2.61. The summed E-state index contributed by atoms with van der Waals surface area (Å²) < 4.78 is 13.0. The van der Waals surface area contributed by atoms with Gasteiger partial charge in [0.2, 0.25) is 11.8 Å². The van der Waals surface area contributed by atoms with Crippen molar-refractivity contribution >= 4 is 23.2 Å². The fourth-order valence-electron chi connectivity index (χ4n) is 3.88. The Morgan fingerprint density at radius 2 is 2.08 bits per heavy atom. The van der Waals surface area contributed by atoms with Crippen LogP contribution in [0.4, 0.5) is 4.39 Å². The highest BCUT2D eigenvalue weighted by molar-refractivity contribution is 7.09. The van der Waals surface area contributed by atoms with Crippen molar-refractivity contribution < 1.29 is 14.0 Å². The first-order chi connectivity index (χ1) is 12.6. The molecule has 2 amide bonds. The largest absolute Gasteiger partial charge is 0.351 e. The number of benzene rings is 1. The van der Waals surface area contributed by atoms with Crippen LogP contribution in [0.5, 0.6) is 0 Å². The van der Waals surface area contributed by atoms with Gasteiger partial charge in [-0.25, -0.2) is 4.39 Å². The van der Waals surface area contributed by atoms with Gasteiger partial charge in [0.25, 0.3) is 0 Å². The number of carbonyl (C=O) groups excluding carboxylic acids is 2. The molecule has 0 radical (unpaired) electrons. The van der Waals surface area contributed by atoms with E-state index in [4.69, 9.17) is 0 Å². The summed E-state index contributed by atoms with van der Waals surface area (Å²) in [5.41, 5.74) is 0.788. The van der Waals surface area contributed by atoms with Crippen LogP contribution in [0.15, 0.2) is 41.8 Å². The molecular weight excluding hydrogens is 351 g/mol. The van der Waals surface area contributed by atoms with Crippen LogP contribution in [-0.2, 0) is 22.6 Å². The molecule has 4 rings (SSSR count). The zero-order valence-corrected chi connectivity index (χ0v) is 15.2. The molecule has 0 bridgehead atoms. The van der Waals surface area contributed by atoms with E-state index >= 15 is 0 Å². The monoisotopic (exact) mass is 372 g/mol. The summed E-state index contributed by atoms with van der Waals surface area (Å²) >= 11 is 1.64. The number of thiophene rings is 1. The predicted molar refractivity (Wildman–Crippen MR) is 98.0 cm³/mol. The van der Waals surface area contributed by atoms with Crippen LogP contribution in [0.1, 0.15) is 23.3 Å². The van der Waals surface area contributed by atoms with E-state index in [1.165, 1.54) is 12.1 Å².